The first-order valence-corrected chi connectivity index (χ1v) is 7.33. The number of non-ortho nitro benzene ring substituents is 1. The number of carbonyl (C=O) groups excluding carboxylic acids is 1. The molecule has 114 valence electrons. The van der Waals surface area contributed by atoms with Crippen molar-refractivity contribution in [3.63, 3.8) is 0 Å². The first-order chi connectivity index (χ1) is 10.1. The summed E-state index contributed by atoms with van der Waals surface area (Å²) in [6.07, 6.45) is 4.70. The molecule has 1 aromatic rings. The molecule has 1 heterocycles. The van der Waals surface area contributed by atoms with E-state index in [2.05, 4.69) is 10.2 Å². The van der Waals surface area contributed by atoms with Crippen LogP contribution >= 0.6 is 0 Å². The number of amides is 1. The Morgan fingerprint density at radius 3 is 2.57 bits per heavy atom. The number of carbonyl (C=O) groups is 1. The third kappa shape index (κ3) is 4.53. The highest BCUT2D eigenvalue weighted by Gasteiger charge is 2.15. The number of nitrogens with zero attached hydrogens (tertiary/aromatic N) is 2. The molecule has 0 unspecified atom stereocenters. The maximum absolute atomic E-state index is 12.1. The van der Waals surface area contributed by atoms with Gasteiger partial charge >= 0.3 is 0 Å². The van der Waals surface area contributed by atoms with Gasteiger partial charge < -0.3 is 5.32 Å². The van der Waals surface area contributed by atoms with Gasteiger partial charge in [-0.2, -0.15) is 0 Å². The van der Waals surface area contributed by atoms with E-state index in [4.69, 9.17) is 0 Å². The summed E-state index contributed by atoms with van der Waals surface area (Å²) in [5.74, 6) is -0.111. The van der Waals surface area contributed by atoms with Crippen molar-refractivity contribution < 1.29 is 9.72 Å². The van der Waals surface area contributed by atoms with E-state index in [1.54, 1.807) is 6.07 Å². The minimum absolute atomic E-state index is 0.00864. The van der Waals surface area contributed by atoms with Gasteiger partial charge in [0.05, 0.1) is 17.2 Å². The molecule has 6 nitrogen and oxygen atoms in total. The fourth-order valence-electron chi connectivity index (χ4n) is 2.55. The van der Waals surface area contributed by atoms with E-state index in [0.29, 0.717) is 12.2 Å². The number of anilines is 1. The maximum atomic E-state index is 12.1. The first-order valence-electron chi connectivity index (χ1n) is 7.33. The Bertz CT molecular complexity index is 523. The number of nitro benzene ring substituents is 1. The molecule has 0 bridgehead atoms. The average Bonchev–Trinajstić information content (AvgIpc) is 2.69. The molecule has 0 aliphatic carbocycles. The van der Waals surface area contributed by atoms with Crippen LogP contribution in [-0.2, 0) is 4.79 Å². The highest BCUT2D eigenvalue weighted by Crippen LogP contribution is 2.21. The second kappa shape index (κ2) is 7.17. The van der Waals surface area contributed by atoms with Gasteiger partial charge in [-0.05, 0) is 38.4 Å². The molecule has 6 heteroatoms. The lowest BCUT2D eigenvalue weighted by Gasteiger charge is -2.19. The number of nitro groups is 1. The smallest absolute Gasteiger partial charge is 0.271 e. The van der Waals surface area contributed by atoms with Gasteiger partial charge in [-0.3, -0.25) is 19.8 Å². The lowest BCUT2D eigenvalue weighted by molar-refractivity contribution is -0.384. The van der Waals surface area contributed by atoms with Gasteiger partial charge in [0.25, 0.3) is 5.69 Å². The molecule has 1 N–H and O–H groups in total. The van der Waals surface area contributed by atoms with Crippen molar-refractivity contribution in [2.75, 3.05) is 25.0 Å². The summed E-state index contributed by atoms with van der Waals surface area (Å²) in [7, 11) is 0. The molecule has 0 atom stereocenters. The van der Waals surface area contributed by atoms with Gasteiger partial charge in [0.15, 0.2) is 0 Å². The molecule has 1 fully saturated rings. The standard InChI is InChI=1S/C15H21N3O3/c1-12-6-7-13(18(20)21)10-14(12)16-15(19)11-17-8-4-2-3-5-9-17/h6-7,10H,2-5,8-9,11H2,1H3,(H,16,19). The van der Waals surface area contributed by atoms with E-state index in [9.17, 15) is 14.9 Å². The number of hydrogen-bond acceptors (Lipinski definition) is 4. The lowest BCUT2D eigenvalue weighted by Crippen LogP contribution is -2.34. The fraction of sp³-hybridized carbons (Fsp3) is 0.533. The second-order valence-electron chi connectivity index (χ2n) is 5.49. The maximum Gasteiger partial charge on any atom is 0.271 e. The Kier molecular flexibility index (Phi) is 5.27. The summed E-state index contributed by atoms with van der Waals surface area (Å²) in [5.41, 5.74) is 1.33. The number of rotatable bonds is 4. The number of aryl methyl sites for hydroxylation is 1. The van der Waals surface area contributed by atoms with Crippen LogP contribution in [0.5, 0.6) is 0 Å². The molecule has 0 aromatic heterocycles. The third-order valence-corrected chi connectivity index (χ3v) is 3.77. The summed E-state index contributed by atoms with van der Waals surface area (Å²) in [4.78, 5) is 24.6. The number of hydrogen-bond donors (Lipinski definition) is 1. The van der Waals surface area contributed by atoms with Crippen molar-refractivity contribution in [3.8, 4) is 0 Å². The molecule has 1 saturated heterocycles. The Morgan fingerprint density at radius 1 is 1.29 bits per heavy atom. The van der Waals surface area contributed by atoms with Crippen molar-refractivity contribution >= 4 is 17.3 Å². The van der Waals surface area contributed by atoms with E-state index in [0.717, 1.165) is 31.5 Å². The molecule has 1 aromatic carbocycles. The van der Waals surface area contributed by atoms with Crippen LogP contribution in [0.1, 0.15) is 31.2 Å². The average molecular weight is 291 g/mol. The van der Waals surface area contributed by atoms with E-state index in [-0.39, 0.29) is 11.6 Å². The molecule has 21 heavy (non-hydrogen) atoms. The zero-order valence-corrected chi connectivity index (χ0v) is 12.3. The first kappa shape index (κ1) is 15.4. The van der Waals surface area contributed by atoms with Crippen LogP contribution in [0.3, 0.4) is 0 Å². The Labute approximate surface area is 124 Å². The van der Waals surface area contributed by atoms with E-state index in [1.165, 1.54) is 25.0 Å². The molecule has 1 aliphatic heterocycles. The van der Waals surface area contributed by atoms with E-state index < -0.39 is 4.92 Å². The van der Waals surface area contributed by atoms with Crippen LogP contribution in [0, 0.1) is 17.0 Å². The van der Waals surface area contributed by atoms with Crippen LogP contribution in [0.2, 0.25) is 0 Å². The zero-order chi connectivity index (χ0) is 15.2. The van der Waals surface area contributed by atoms with E-state index >= 15 is 0 Å². The van der Waals surface area contributed by atoms with Crippen molar-refractivity contribution in [2.45, 2.75) is 32.6 Å². The predicted molar refractivity (Wildman–Crippen MR) is 81.4 cm³/mol. The van der Waals surface area contributed by atoms with Gasteiger partial charge in [-0.15, -0.1) is 0 Å². The number of nitrogens with one attached hydrogen (secondary N) is 1. The minimum atomic E-state index is -0.454. The van der Waals surface area contributed by atoms with Crippen LogP contribution in [-0.4, -0.2) is 35.4 Å². The fourth-order valence-corrected chi connectivity index (χ4v) is 2.55. The van der Waals surface area contributed by atoms with Crippen molar-refractivity contribution in [1.29, 1.82) is 0 Å². The molecular formula is C15H21N3O3. The Morgan fingerprint density at radius 2 is 1.95 bits per heavy atom. The number of likely N-dealkylation sites (tertiary alicyclic amines) is 1. The van der Waals surface area contributed by atoms with Crippen LogP contribution in [0.25, 0.3) is 0 Å². The van der Waals surface area contributed by atoms with Crippen LogP contribution < -0.4 is 5.32 Å². The molecule has 0 radical (unpaired) electrons. The second-order valence-corrected chi connectivity index (χ2v) is 5.49. The summed E-state index contributed by atoms with van der Waals surface area (Å²) in [6, 6.07) is 4.51. The molecule has 0 saturated carbocycles. The molecule has 0 spiro atoms. The Balaban J connectivity index is 1.98. The van der Waals surface area contributed by atoms with Gasteiger partial charge in [0.1, 0.15) is 0 Å². The number of benzene rings is 1. The van der Waals surface area contributed by atoms with Gasteiger partial charge in [-0.25, -0.2) is 0 Å². The molecule has 1 amide bonds. The molecule has 2 rings (SSSR count). The van der Waals surface area contributed by atoms with E-state index in [1.807, 2.05) is 6.92 Å². The minimum Gasteiger partial charge on any atom is -0.324 e. The predicted octanol–water partition coefficient (Wildman–Crippen LogP) is 2.72. The topological polar surface area (TPSA) is 75.5 Å². The molecular weight excluding hydrogens is 270 g/mol. The summed E-state index contributed by atoms with van der Waals surface area (Å²) >= 11 is 0. The highest BCUT2D eigenvalue weighted by atomic mass is 16.6. The molecule has 1 aliphatic rings. The zero-order valence-electron chi connectivity index (χ0n) is 12.3. The summed E-state index contributed by atoms with van der Waals surface area (Å²) in [5, 5.41) is 13.6. The van der Waals surface area contributed by atoms with Gasteiger partial charge in [-0.1, -0.05) is 18.9 Å². The van der Waals surface area contributed by atoms with Gasteiger partial charge in [0.2, 0.25) is 5.91 Å². The highest BCUT2D eigenvalue weighted by molar-refractivity contribution is 5.93. The Hall–Kier alpha value is -1.95. The van der Waals surface area contributed by atoms with Crippen LogP contribution in [0.4, 0.5) is 11.4 Å². The van der Waals surface area contributed by atoms with Crippen molar-refractivity contribution in [3.05, 3.63) is 33.9 Å². The largest absolute Gasteiger partial charge is 0.324 e. The normalized spacial score (nSPS) is 16.2. The van der Waals surface area contributed by atoms with Gasteiger partial charge in [0, 0.05) is 12.1 Å². The summed E-state index contributed by atoms with van der Waals surface area (Å²) < 4.78 is 0. The van der Waals surface area contributed by atoms with Crippen LogP contribution in [0.15, 0.2) is 18.2 Å². The SMILES string of the molecule is Cc1ccc([N+](=O)[O-])cc1NC(=O)CN1CCCCCC1. The lowest BCUT2D eigenvalue weighted by atomic mass is 10.2. The van der Waals surface area contributed by atoms with Crippen molar-refractivity contribution in [2.24, 2.45) is 0 Å². The quantitative estimate of drug-likeness (QED) is 0.683. The monoisotopic (exact) mass is 291 g/mol. The summed E-state index contributed by atoms with van der Waals surface area (Å²) in [6.45, 7) is 4.07. The third-order valence-electron chi connectivity index (χ3n) is 3.77. The van der Waals surface area contributed by atoms with Crippen molar-refractivity contribution in [1.82, 2.24) is 4.90 Å².